The van der Waals surface area contributed by atoms with Crippen molar-refractivity contribution in [2.45, 2.75) is 13.8 Å². The lowest BCUT2D eigenvalue weighted by atomic mass is 10.1. The lowest BCUT2D eigenvalue weighted by Crippen LogP contribution is -2.15. The first kappa shape index (κ1) is 14.6. The highest BCUT2D eigenvalue weighted by Gasteiger charge is 2.15. The fourth-order valence-electron chi connectivity index (χ4n) is 1.48. The molecule has 7 nitrogen and oxygen atoms in total. The Balaban J connectivity index is 3.06. The van der Waals surface area contributed by atoms with Gasteiger partial charge in [-0.25, -0.2) is 0 Å². The number of benzene rings is 1. The molecule has 0 aliphatic carbocycles. The summed E-state index contributed by atoms with van der Waals surface area (Å²) < 4.78 is 5.29. The van der Waals surface area contributed by atoms with Crippen molar-refractivity contribution < 1.29 is 19.2 Å². The van der Waals surface area contributed by atoms with Crippen LogP contribution in [0.15, 0.2) is 18.2 Å². The third-order valence-corrected chi connectivity index (χ3v) is 2.18. The van der Waals surface area contributed by atoms with E-state index in [0.717, 1.165) is 0 Å². The van der Waals surface area contributed by atoms with Gasteiger partial charge in [0.2, 0.25) is 11.7 Å². The quantitative estimate of drug-likeness (QED) is 0.478. The van der Waals surface area contributed by atoms with Crippen molar-refractivity contribution in [1.82, 2.24) is 0 Å². The molecule has 102 valence electrons. The van der Waals surface area contributed by atoms with Gasteiger partial charge in [-0.3, -0.25) is 19.7 Å². The van der Waals surface area contributed by atoms with Gasteiger partial charge in [0.15, 0.2) is 0 Å². The zero-order valence-corrected chi connectivity index (χ0v) is 10.6. The Morgan fingerprint density at radius 1 is 1.42 bits per heavy atom. The molecule has 1 rings (SSSR count). The van der Waals surface area contributed by atoms with E-state index in [0.29, 0.717) is 18.0 Å². The Kier molecular flexibility index (Phi) is 4.99. The number of rotatable bonds is 6. The number of nitro groups is 1. The van der Waals surface area contributed by atoms with Crippen molar-refractivity contribution >= 4 is 17.4 Å². The normalized spacial score (nSPS) is 9.79. The van der Waals surface area contributed by atoms with Crippen LogP contribution in [-0.2, 0) is 4.79 Å². The zero-order chi connectivity index (χ0) is 14.4. The van der Waals surface area contributed by atoms with Gasteiger partial charge in [0.1, 0.15) is 5.75 Å². The molecule has 1 N–H and O–H groups in total. The molecule has 0 heterocycles. The minimum Gasteiger partial charge on any atom is -0.492 e. The molecule has 0 saturated heterocycles. The van der Waals surface area contributed by atoms with Crippen LogP contribution in [0.25, 0.3) is 0 Å². The predicted octanol–water partition coefficient (Wildman–Crippen LogP) is 1.50. The van der Waals surface area contributed by atoms with E-state index in [1.165, 1.54) is 25.1 Å². The van der Waals surface area contributed by atoms with Crippen molar-refractivity contribution in [3.63, 3.8) is 0 Å². The summed E-state index contributed by atoms with van der Waals surface area (Å²) in [4.78, 5) is 32.2. The van der Waals surface area contributed by atoms with Crippen LogP contribution in [0.3, 0.4) is 0 Å². The van der Waals surface area contributed by atoms with Crippen LogP contribution in [0.1, 0.15) is 24.2 Å². The number of ether oxygens (including phenoxy) is 1. The number of amides is 1. The average molecular weight is 266 g/mol. The minimum absolute atomic E-state index is 0.156. The van der Waals surface area contributed by atoms with Gasteiger partial charge in [-0.2, -0.15) is 0 Å². The number of nitrogens with one attached hydrogen (secondary N) is 1. The predicted molar refractivity (Wildman–Crippen MR) is 68.1 cm³/mol. The molecule has 7 heteroatoms. The van der Waals surface area contributed by atoms with Gasteiger partial charge >= 0.3 is 0 Å². The molecule has 0 bridgehead atoms. The van der Waals surface area contributed by atoms with Crippen molar-refractivity contribution in [2.75, 3.05) is 18.5 Å². The third-order valence-electron chi connectivity index (χ3n) is 2.18. The number of anilines is 1. The van der Waals surface area contributed by atoms with Crippen LogP contribution in [0.5, 0.6) is 5.75 Å². The molecule has 0 radical (unpaired) electrons. The van der Waals surface area contributed by atoms with E-state index < -0.39 is 17.3 Å². The molecule has 1 aromatic carbocycles. The van der Waals surface area contributed by atoms with Gasteiger partial charge in [0, 0.05) is 17.4 Å². The summed E-state index contributed by atoms with van der Waals surface area (Å²) in [6.07, 6.45) is 0. The summed E-state index contributed by atoms with van der Waals surface area (Å²) >= 11 is 0. The summed E-state index contributed by atoms with van der Waals surface area (Å²) in [6.45, 7) is 2.72. The number of Topliss-reactive ketones (excluding diaryl/α,β-unsaturated/α-hetero) is 1. The van der Waals surface area contributed by atoms with E-state index >= 15 is 0 Å². The monoisotopic (exact) mass is 266 g/mol. The molecule has 1 aromatic rings. The first-order valence-electron chi connectivity index (χ1n) is 5.63. The maximum Gasteiger partial charge on any atom is 0.265 e. The molecule has 0 spiro atoms. The van der Waals surface area contributed by atoms with E-state index in [2.05, 4.69) is 5.32 Å². The lowest BCUT2D eigenvalue weighted by molar-refractivity contribution is -0.465. The van der Waals surface area contributed by atoms with Gasteiger partial charge in [-0.15, -0.1) is 0 Å². The SMILES string of the molecule is CCOc1ccc(C(=O)C[N+](=O)[O-])cc1NC(C)=O. The summed E-state index contributed by atoms with van der Waals surface area (Å²) in [7, 11) is 0. The molecule has 0 saturated carbocycles. The molecular formula is C12H14N2O5. The first-order chi connectivity index (χ1) is 8.93. The zero-order valence-electron chi connectivity index (χ0n) is 10.6. The maximum atomic E-state index is 11.6. The molecule has 0 aliphatic heterocycles. The number of hydrogen-bond acceptors (Lipinski definition) is 5. The van der Waals surface area contributed by atoms with E-state index in [1.807, 2.05) is 0 Å². The number of nitrogens with zero attached hydrogens (tertiary/aromatic N) is 1. The summed E-state index contributed by atoms with van der Waals surface area (Å²) in [5, 5.41) is 12.8. The Morgan fingerprint density at radius 2 is 2.11 bits per heavy atom. The van der Waals surface area contributed by atoms with Crippen LogP contribution in [0.2, 0.25) is 0 Å². The maximum absolute atomic E-state index is 11.6. The van der Waals surface area contributed by atoms with E-state index in [4.69, 9.17) is 4.74 Å². The Bertz CT molecular complexity index is 513. The fraction of sp³-hybridized carbons (Fsp3) is 0.333. The Morgan fingerprint density at radius 3 is 2.63 bits per heavy atom. The van der Waals surface area contributed by atoms with Crippen LogP contribution in [0.4, 0.5) is 5.69 Å². The largest absolute Gasteiger partial charge is 0.492 e. The summed E-state index contributed by atoms with van der Waals surface area (Å²) in [6, 6.07) is 4.31. The molecule has 0 aliphatic rings. The standard InChI is InChI=1S/C12H14N2O5/c1-3-19-12-5-4-9(11(16)7-14(17)18)6-10(12)13-8(2)15/h4-6H,3,7H2,1-2H3,(H,13,15). The number of hydrogen-bond donors (Lipinski definition) is 1. The number of carbonyl (C=O) groups excluding carboxylic acids is 2. The minimum atomic E-state index is -0.784. The second-order valence-electron chi connectivity index (χ2n) is 3.74. The summed E-state index contributed by atoms with van der Waals surface area (Å²) in [5.41, 5.74) is 0.479. The van der Waals surface area contributed by atoms with Crippen molar-refractivity contribution in [3.05, 3.63) is 33.9 Å². The van der Waals surface area contributed by atoms with Crippen LogP contribution in [0, 0.1) is 10.1 Å². The second kappa shape index (κ2) is 6.48. The molecule has 1 amide bonds. The first-order valence-corrected chi connectivity index (χ1v) is 5.63. The van der Waals surface area contributed by atoms with Crippen molar-refractivity contribution in [3.8, 4) is 5.75 Å². The average Bonchev–Trinajstić information content (AvgIpc) is 2.30. The lowest BCUT2D eigenvalue weighted by Gasteiger charge is -2.11. The number of ketones is 1. The molecule has 0 fully saturated rings. The highest BCUT2D eigenvalue weighted by atomic mass is 16.6. The van der Waals surface area contributed by atoms with E-state index in [-0.39, 0.29) is 11.5 Å². The van der Waals surface area contributed by atoms with E-state index in [1.54, 1.807) is 6.92 Å². The number of carbonyl (C=O) groups is 2. The van der Waals surface area contributed by atoms with Gasteiger partial charge < -0.3 is 10.1 Å². The second-order valence-corrected chi connectivity index (χ2v) is 3.74. The highest BCUT2D eigenvalue weighted by Crippen LogP contribution is 2.26. The highest BCUT2D eigenvalue weighted by molar-refractivity contribution is 5.99. The van der Waals surface area contributed by atoms with Crippen LogP contribution < -0.4 is 10.1 Å². The fourth-order valence-corrected chi connectivity index (χ4v) is 1.48. The topological polar surface area (TPSA) is 98.5 Å². The van der Waals surface area contributed by atoms with E-state index in [9.17, 15) is 19.7 Å². The molecular weight excluding hydrogens is 252 g/mol. The van der Waals surface area contributed by atoms with Crippen molar-refractivity contribution in [1.29, 1.82) is 0 Å². The smallest absolute Gasteiger partial charge is 0.265 e. The van der Waals surface area contributed by atoms with Crippen LogP contribution in [-0.4, -0.2) is 29.8 Å². The third kappa shape index (κ3) is 4.38. The Labute approximate surface area is 109 Å². The summed E-state index contributed by atoms with van der Waals surface area (Å²) in [5.74, 6) is -0.533. The van der Waals surface area contributed by atoms with Gasteiger partial charge in [0.25, 0.3) is 6.54 Å². The molecule has 0 atom stereocenters. The van der Waals surface area contributed by atoms with Gasteiger partial charge in [-0.1, -0.05) is 0 Å². The molecule has 0 unspecified atom stereocenters. The van der Waals surface area contributed by atoms with Gasteiger partial charge in [0.05, 0.1) is 12.3 Å². The van der Waals surface area contributed by atoms with Gasteiger partial charge in [-0.05, 0) is 25.1 Å². The van der Waals surface area contributed by atoms with Crippen LogP contribution >= 0.6 is 0 Å². The Hall–Kier alpha value is -2.44. The molecule has 0 aromatic heterocycles. The molecule has 19 heavy (non-hydrogen) atoms. The van der Waals surface area contributed by atoms with Crippen molar-refractivity contribution in [2.24, 2.45) is 0 Å².